The third kappa shape index (κ3) is 2.18. The minimum Gasteiger partial charge on any atom is -0.207 e. The Bertz CT molecular complexity index is 662. The van der Waals surface area contributed by atoms with E-state index in [0.29, 0.717) is 6.07 Å². The summed E-state index contributed by atoms with van der Waals surface area (Å²) in [6, 6.07) is 6.56. The van der Waals surface area contributed by atoms with Crippen LogP contribution in [0.5, 0.6) is 0 Å². The van der Waals surface area contributed by atoms with Crippen molar-refractivity contribution in [2.24, 2.45) is 0 Å². The second-order valence-electron chi connectivity index (χ2n) is 3.55. The maximum atomic E-state index is 13.7. The number of nitriles is 1. The molecule has 0 N–H and O–H groups in total. The van der Waals surface area contributed by atoms with Gasteiger partial charge in [0.15, 0.2) is 0 Å². The van der Waals surface area contributed by atoms with Gasteiger partial charge in [-0.15, -0.1) is 0 Å². The van der Waals surface area contributed by atoms with Crippen molar-refractivity contribution in [3.05, 3.63) is 58.4 Å². The van der Waals surface area contributed by atoms with E-state index < -0.39 is 17.5 Å². The van der Waals surface area contributed by atoms with Crippen molar-refractivity contribution < 1.29 is 13.2 Å². The van der Waals surface area contributed by atoms with Gasteiger partial charge in [-0.1, -0.05) is 11.6 Å². The van der Waals surface area contributed by atoms with E-state index >= 15 is 0 Å². The van der Waals surface area contributed by atoms with Crippen LogP contribution in [0.3, 0.4) is 0 Å². The van der Waals surface area contributed by atoms with Gasteiger partial charge in [0.05, 0.1) is 10.6 Å². The first-order valence-electron chi connectivity index (χ1n) is 4.87. The summed E-state index contributed by atoms with van der Waals surface area (Å²) in [5.41, 5.74) is -0.266. The van der Waals surface area contributed by atoms with Crippen LogP contribution in [0.2, 0.25) is 5.02 Å². The van der Waals surface area contributed by atoms with Crippen LogP contribution in [0.1, 0.15) is 5.56 Å². The van der Waals surface area contributed by atoms with Crippen LogP contribution in [0.4, 0.5) is 13.2 Å². The van der Waals surface area contributed by atoms with Gasteiger partial charge in [0.2, 0.25) is 0 Å². The van der Waals surface area contributed by atoms with Crippen molar-refractivity contribution in [3.8, 4) is 17.2 Å². The summed E-state index contributed by atoms with van der Waals surface area (Å²) in [6.45, 7) is 0. The zero-order valence-corrected chi connectivity index (χ0v) is 9.60. The monoisotopic (exact) mass is 267 g/mol. The second-order valence-corrected chi connectivity index (χ2v) is 3.96. The molecule has 0 spiro atoms. The van der Waals surface area contributed by atoms with Crippen molar-refractivity contribution in [2.45, 2.75) is 0 Å². The number of benzene rings is 2. The molecule has 0 saturated heterocycles. The zero-order chi connectivity index (χ0) is 13.3. The molecule has 0 amide bonds. The minimum absolute atomic E-state index is 0.0117. The molecule has 0 saturated carbocycles. The van der Waals surface area contributed by atoms with Crippen molar-refractivity contribution in [1.82, 2.24) is 0 Å². The van der Waals surface area contributed by atoms with Crippen LogP contribution >= 0.6 is 11.6 Å². The van der Waals surface area contributed by atoms with E-state index in [-0.39, 0.29) is 21.7 Å². The molecule has 0 aliphatic heterocycles. The molecule has 0 unspecified atom stereocenters. The fourth-order valence-electron chi connectivity index (χ4n) is 1.55. The van der Waals surface area contributed by atoms with Gasteiger partial charge in [-0.25, -0.2) is 13.2 Å². The highest BCUT2D eigenvalue weighted by molar-refractivity contribution is 6.32. The average Bonchev–Trinajstić information content (AvgIpc) is 2.32. The molecule has 2 aromatic rings. The summed E-state index contributed by atoms with van der Waals surface area (Å²) in [4.78, 5) is 0. The molecule has 0 aromatic heterocycles. The lowest BCUT2D eigenvalue weighted by molar-refractivity contribution is 0.582. The molecule has 0 fully saturated rings. The first-order chi connectivity index (χ1) is 8.52. The molecule has 0 bridgehead atoms. The lowest BCUT2D eigenvalue weighted by Crippen LogP contribution is -1.92. The van der Waals surface area contributed by atoms with Gasteiger partial charge in [0, 0.05) is 17.2 Å². The quantitative estimate of drug-likeness (QED) is 0.756. The van der Waals surface area contributed by atoms with Crippen molar-refractivity contribution in [1.29, 1.82) is 5.26 Å². The predicted molar refractivity (Wildman–Crippen MR) is 61.5 cm³/mol. The first kappa shape index (κ1) is 12.5. The van der Waals surface area contributed by atoms with E-state index in [2.05, 4.69) is 0 Å². The van der Waals surface area contributed by atoms with Crippen LogP contribution in [0.15, 0.2) is 30.3 Å². The summed E-state index contributed by atoms with van der Waals surface area (Å²) in [5.74, 6) is -2.44. The maximum absolute atomic E-state index is 13.7. The van der Waals surface area contributed by atoms with Gasteiger partial charge in [0.1, 0.15) is 23.5 Å². The fourth-order valence-corrected chi connectivity index (χ4v) is 1.75. The Balaban J connectivity index is 2.65. The second kappa shape index (κ2) is 4.71. The lowest BCUT2D eigenvalue weighted by atomic mass is 10.0. The summed E-state index contributed by atoms with van der Waals surface area (Å²) in [7, 11) is 0. The van der Waals surface area contributed by atoms with Crippen LogP contribution in [0, 0.1) is 28.8 Å². The van der Waals surface area contributed by atoms with Gasteiger partial charge in [-0.2, -0.15) is 5.26 Å². The molecule has 0 radical (unpaired) electrons. The molecular formula is C13H5ClF3N. The Morgan fingerprint density at radius 3 is 2.22 bits per heavy atom. The van der Waals surface area contributed by atoms with Gasteiger partial charge >= 0.3 is 0 Å². The topological polar surface area (TPSA) is 23.8 Å². The fraction of sp³-hybridized carbons (Fsp3) is 0. The Labute approximate surface area is 106 Å². The summed E-state index contributed by atoms with van der Waals surface area (Å²) in [6.07, 6.45) is 0. The van der Waals surface area contributed by atoms with E-state index in [0.717, 1.165) is 24.3 Å². The Kier molecular flexibility index (Phi) is 3.26. The van der Waals surface area contributed by atoms with E-state index in [1.165, 1.54) is 0 Å². The highest BCUT2D eigenvalue weighted by atomic mass is 35.5. The molecule has 5 heteroatoms. The number of rotatable bonds is 1. The Morgan fingerprint density at radius 1 is 0.944 bits per heavy atom. The van der Waals surface area contributed by atoms with Gasteiger partial charge in [-0.05, 0) is 24.3 Å². The summed E-state index contributed by atoms with van der Waals surface area (Å²) >= 11 is 5.75. The molecular weight excluding hydrogens is 263 g/mol. The highest BCUT2D eigenvalue weighted by Crippen LogP contribution is 2.30. The summed E-state index contributed by atoms with van der Waals surface area (Å²) < 4.78 is 40.0. The standard InChI is InChI=1S/C13H5ClF3N/c14-11-5-10(12(16)3-7(11)6-18)9-2-1-8(15)4-13(9)17/h1-5H. The van der Waals surface area contributed by atoms with Crippen molar-refractivity contribution in [3.63, 3.8) is 0 Å². The molecule has 0 aliphatic rings. The third-order valence-electron chi connectivity index (χ3n) is 2.40. The van der Waals surface area contributed by atoms with Crippen LogP contribution in [-0.2, 0) is 0 Å². The van der Waals surface area contributed by atoms with E-state index in [1.807, 2.05) is 0 Å². The molecule has 1 nitrogen and oxygen atoms in total. The third-order valence-corrected chi connectivity index (χ3v) is 2.71. The number of nitrogens with zero attached hydrogens (tertiary/aromatic N) is 1. The molecule has 0 atom stereocenters. The summed E-state index contributed by atoms with van der Waals surface area (Å²) in [5, 5.41) is 8.68. The number of halogens is 4. The van der Waals surface area contributed by atoms with E-state index in [9.17, 15) is 13.2 Å². The predicted octanol–water partition coefficient (Wildman–Crippen LogP) is 4.30. The van der Waals surface area contributed by atoms with Gasteiger partial charge in [0.25, 0.3) is 0 Å². The smallest absolute Gasteiger partial charge is 0.134 e. The van der Waals surface area contributed by atoms with Crippen LogP contribution < -0.4 is 0 Å². The largest absolute Gasteiger partial charge is 0.207 e. The number of hydrogen-bond acceptors (Lipinski definition) is 1. The highest BCUT2D eigenvalue weighted by Gasteiger charge is 2.14. The first-order valence-corrected chi connectivity index (χ1v) is 5.25. The SMILES string of the molecule is N#Cc1cc(F)c(-c2ccc(F)cc2F)cc1Cl. The molecule has 0 aliphatic carbocycles. The molecule has 2 aromatic carbocycles. The van der Waals surface area contributed by atoms with Gasteiger partial charge in [-0.3, -0.25) is 0 Å². The van der Waals surface area contributed by atoms with E-state index in [1.54, 1.807) is 6.07 Å². The minimum atomic E-state index is -0.894. The Hall–Kier alpha value is -1.99. The van der Waals surface area contributed by atoms with Crippen molar-refractivity contribution >= 4 is 11.6 Å². The van der Waals surface area contributed by atoms with Gasteiger partial charge < -0.3 is 0 Å². The van der Waals surface area contributed by atoms with E-state index in [4.69, 9.17) is 16.9 Å². The average molecular weight is 268 g/mol. The Morgan fingerprint density at radius 2 is 1.61 bits per heavy atom. The molecule has 0 heterocycles. The van der Waals surface area contributed by atoms with Crippen LogP contribution in [0.25, 0.3) is 11.1 Å². The number of hydrogen-bond donors (Lipinski definition) is 0. The zero-order valence-electron chi connectivity index (χ0n) is 8.85. The van der Waals surface area contributed by atoms with Crippen LogP contribution in [-0.4, -0.2) is 0 Å². The lowest BCUT2D eigenvalue weighted by Gasteiger charge is -2.06. The normalized spacial score (nSPS) is 10.2. The maximum Gasteiger partial charge on any atom is 0.134 e. The van der Waals surface area contributed by atoms with Crippen molar-refractivity contribution in [2.75, 3.05) is 0 Å². The molecule has 90 valence electrons. The molecule has 18 heavy (non-hydrogen) atoms. The molecule has 2 rings (SSSR count).